The highest BCUT2D eigenvalue weighted by Gasteiger charge is 2.23. The molecule has 0 saturated carbocycles. The molecule has 3 aromatic rings. The number of rotatable bonds is 5. The van der Waals surface area contributed by atoms with Gasteiger partial charge in [0, 0.05) is 48.2 Å². The minimum Gasteiger partial charge on any atom is -0.403 e. The molecule has 4 rings (SSSR count). The van der Waals surface area contributed by atoms with E-state index >= 15 is 0 Å². The largest absolute Gasteiger partial charge is 0.403 e. The molecule has 1 aliphatic heterocycles. The fourth-order valence-corrected chi connectivity index (χ4v) is 3.76. The zero-order valence-electron chi connectivity index (χ0n) is 16.8. The Morgan fingerprint density at radius 3 is 3.00 bits per heavy atom. The number of hydrogen-bond donors (Lipinski definition) is 3. The lowest BCUT2D eigenvalue weighted by Crippen LogP contribution is -2.36. The van der Waals surface area contributed by atoms with Crippen LogP contribution in [-0.4, -0.2) is 30.3 Å². The topological polar surface area (TPSA) is 108 Å². The standard InChI is InChI=1S/C21H22N8S/c1-13-5-4-6-23-18(13)7-17-8-20(30-28-17)27-21-15(3)29(12-14(2)26-21)19(9-22)16-10-24-25-11-16/h4-6,8-12H,3,7,22H2,1-2H3,(H,24,25)(H,26,27)/b19-9-. The third-order valence-electron chi connectivity index (χ3n) is 4.65. The molecule has 0 fully saturated rings. The average molecular weight is 419 g/mol. The Labute approximate surface area is 178 Å². The third-order valence-corrected chi connectivity index (χ3v) is 5.37. The first-order valence-electron chi connectivity index (χ1n) is 9.35. The van der Waals surface area contributed by atoms with Crippen LogP contribution in [0.3, 0.4) is 0 Å². The monoisotopic (exact) mass is 418 g/mol. The van der Waals surface area contributed by atoms with Gasteiger partial charge in [0.05, 0.1) is 23.3 Å². The molecule has 1 aliphatic rings. The zero-order valence-corrected chi connectivity index (χ0v) is 17.6. The summed E-state index contributed by atoms with van der Waals surface area (Å²) in [4.78, 5) is 11.1. The fourth-order valence-electron chi connectivity index (χ4n) is 3.11. The van der Waals surface area contributed by atoms with Crippen LogP contribution in [0.4, 0.5) is 5.00 Å². The van der Waals surface area contributed by atoms with E-state index in [0.717, 1.165) is 38.9 Å². The summed E-state index contributed by atoms with van der Waals surface area (Å²) in [5.41, 5.74) is 12.2. The summed E-state index contributed by atoms with van der Waals surface area (Å²) in [6.07, 6.45) is 9.43. The number of aromatic nitrogens is 4. The van der Waals surface area contributed by atoms with Gasteiger partial charge in [-0.1, -0.05) is 12.6 Å². The van der Waals surface area contributed by atoms with Crippen molar-refractivity contribution in [1.82, 2.24) is 29.8 Å². The first-order chi connectivity index (χ1) is 14.5. The maximum atomic E-state index is 5.90. The van der Waals surface area contributed by atoms with Gasteiger partial charge in [-0.25, -0.2) is 4.99 Å². The van der Waals surface area contributed by atoms with E-state index in [9.17, 15) is 0 Å². The molecular formula is C21H22N8S. The molecule has 3 aromatic heterocycles. The third kappa shape index (κ3) is 4.01. The van der Waals surface area contributed by atoms with Crippen molar-refractivity contribution in [2.24, 2.45) is 10.7 Å². The van der Waals surface area contributed by atoms with E-state index in [2.05, 4.69) is 44.4 Å². The highest BCUT2D eigenvalue weighted by Crippen LogP contribution is 2.28. The van der Waals surface area contributed by atoms with Crippen molar-refractivity contribution in [2.75, 3.05) is 0 Å². The second-order valence-electron chi connectivity index (χ2n) is 6.85. The number of nitrogens with one attached hydrogen (secondary N) is 2. The normalized spacial score (nSPS) is 16.0. The lowest BCUT2D eigenvalue weighted by molar-refractivity contribution is 0.655. The Morgan fingerprint density at radius 1 is 1.40 bits per heavy atom. The number of amidine groups is 1. The number of nitrogens with two attached hydrogens (primary N) is 1. The van der Waals surface area contributed by atoms with Gasteiger partial charge >= 0.3 is 0 Å². The Kier molecular flexibility index (Phi) is 5.44. The number of aromatic amines is 1. The molecule has 0 unspecified atom stereocenters. The Balaban J connectivity index is 1.58. The molecule has 8 nitrogen and oxygen atoms in total. The van der Waals surface area contributed by atoms with Gasteiger partial charge in [-0.15, -0.1) is 0 Å². The molecule has 0 aromatic carbocycles. The van der Waals surface area contributed by atoms with E-state index in [1.165, 1.54) is 17.7 Å². The van der Waals surface area contributed by atoms with E-state index in [0.29, 0.717) is 18.0 Å². The Morgan fingerprint density at radius 2 is 2.27 bits per heavy atom. The number of pyridine rings is 1. The van der Waals surface area contributed by atoms with Crippen molar-refractivity contribution < 1.29 is 0 Å². The molecule has 0 bridgehead atoms. The van der Waals surface area contributed by atoms with E-state index in [1.54, 1.807) is 18.6 Å². The van der Waals surface area contributed by atoms with Crippen LogP contribution in [-0.2, 0) is 6.42 Å². The molecule has 4 N–H and O–H groups in total. The number of nitrogens with zero attached hydrogens (tertiary/aromatic N) is 5. The zero-order chi connectivity index (χ0) is 21.1. The van der Waals surface area contributed by atoms with Gasteiger partial charge in [0.25, 0.3) is 0 Å². The first kappa shape index (κ1) is 19.6. The van der Waals surface area contributed by atoms with Crippen LogP contribution >= 0.6 is 11.5 Å². The van der Waals surface area contributed by atoms with Crippen molar-refractivity contribution in [3.63, 3.8) is 0 Å². The van der Waals surface area contributed by atoms with Crippen LogP contribution in [0.15, 0.2) is 72.2 Å². The van der Waals surface area contributed by atoms with Crippen molar-refractivity contribution >= 4 is 28.1 Å². The van der Waals surface area contributed by atoms with Crippen molar-refractivity contribution in [1.29, 1.82) is 0 Å². The SMILES string of the molecule is C=C1C(=Nc2cc(Cc3ncccc3C)ns2)NC(C)=CN1/C(=C\N)c1cn[nH]c1. The molecule has 30 heavy (non-hydrogen) atoms. The quantitative estimate of drug-likeness (QED) is 0.586. The molecular weight excluding hydrogens is 396 g/mol. The van der Waals surface area contributed by atoms with E-state index in [-0.39, 0.29) is 0 Å². The maximum Gasteiger partial charge on any atom is 0.155 e. The van der Waals surface area contributed by atoms with E-state index in [1.807, 2.05) is 30.2 Å². The lowest BCUT2D eigenvalue weighted by Gasteiger charge is -2.31. The number of H-pyrrole nitrogens is 1. The van der Waals surface area contributed by atoms with Gasteiger partial charge in [0.15, 0.2) is 5.84 Å². The van der Waals surface area contributed by atoms with Crippen molar-refractivity contribution in [3.05, 3.63) is 89.7 Å². The van der Waals surface area contributed by atoms with Crippen molar-refractivity contribution in [3.8, 4) is 0 Å². The second kappa shape index (κ2) is 8.34. The Hall–Kier alpha value is -3.72. The molecule has 0 spiro atoms. The number of aryl methyl sites for hydroxylation is 1. The molecule has 0 radical (unpaired) electrons. The van der Waals surface area contributed by atoms with Crippen LogP contribution in [0.2, 0.25) is 0 Å². The summed E-state index contributed by atoms with van der Waals surface area (Å²) in [6.45, 7) is 8.22. The van der Waals surface area contributed by atoms with Gasteiger partial charge in [0.2, 0.25) is 0 Å². The highest BCUT2D eigenvalue weighted by molar-refractivity contribution is 7.09. The lowest BCUT2D eigenvalue weighted by atomic mass is 10.1. The predicted octanol–water partition coefficient (Wildman–Crippen LogP) is 3.43. The predicted molar refractivity (Wildman–Crippen MR) is 120 cm³/mol. The molecule has 4 heterocycles. The van der Waals surface area contributed by atoms with Crippen molar-refractivity contribution in [2.45, 2.75) is 20.3 Å². The smallest absolute Gasteiger partial charge is 0.155 e. The van der Waals surface area contributed by atoms with Crippen LogP contribution in [0, 0.1) is 6.92 Å². The average Bonchev–Trinajstić information content (AvgIpc) is 3.40. The van der Waals surface area contributed by atoms with Crippen LogP contribution in [0.1, 0.15) is 29.4 Å². The summed E-state index contributed by atoms with van der Waals surface area (Å²) >= 11 is 1.35. The van der Waals surface area contributed by atoms with Gasteiger partial charge < -0.3 is 16.0 Å². The summed E-state index contributed by atoms with van der Waals surface area (Å²) in [5, 5.41) is 10.9. The van der Waals surface area contributed by atoms with Crippen LogP contribution in [0.5, 0.6) is 0 Å². The molecule has 0 atom stereocenters. The molecule has 0 saturated heterocycles. The maximum absolute atomic E-state index is 5.90. The van der Waals surface area contributed by atoms with Gasteiger partial charge in [0.1, 0.15) is 5.00 Å². The molecule has 0 amide bonds. The summed E-state index contributed by atoms with van der Waals surface area (Å²) < 4.78 is 4.54. The summed E-state index contributed by atoms with van der Waals surface area (Å²) in [6, 6.07) is 5.97. The molecule has 9 heteroatoms. The highest BCUT2D eigenvalue weighted by atomic mass is 32.1. The van der Waals surface area contributed by atoms with Gasteiger partial charge in [-0.3, -0.25) is 10.1 Å². The fraction of sp³-hybridized carbons (Fsp3) is 0.143. The number of allylic oxidation sites excluding steroid dienone is 1. The first-order valence-corrected chi connectivity index (χ1v) is 10.1. The van der Waals surface area contributed by atoms with Gasteiger partial charge in [-0.05, 0) is 43.1 Å². The minimum atomic E-state index is 0.641. The summed E-state index contributed by atoms with van der Waals surface area (Å²) in [7, 11) is 0. The molecule has 0 aliphatic carbocycles. The number of aliphatic imine (C=N–C) groups is 1. The summed E-state index contributed by atoms with van der Waals surface area (Å²) in [5.74, 6) is 0.641. The molecule has 152 valence electrons. The van der Waals surface area contributed by atoms with Crippen LogP contribution in [0.25, 0.3) is 5.70 Å². The van der Waals surface area contributed by atoms with E-state index < -0.39 is 0 Å². The minimum absolute atomic E-state index is 0.641. The van der Waals surface area contributed by atoms with Crippen LogP contribution < -0.4 is 11.1 Å². The number of hydrogen-bond acceptors (Lipinski definition) is 7. The second-order valence-corrected chi connectivity index (χ2v) is 7.64. The van der Waals surface area contributed by atoms with E-state index in [4.69, 9.17) is 10.7 Å². The Bertz CT molecular complexity index is 1150. The van der Waals surface area contributed by atoms with Gasteiger partial charge in [-0.2, -0.15) is 9.47 Å².